The van der Waals surface area contributed by atoms with Gasteiger partial charge >= 0.3 is 11.9 Å². The Morgan fingerprint density at radius 3 is 2.47 bits per heavy atom. The van der Waals surface area contributed by atoms with Crippen LogP contribution in [0.1, 0.15) is 15.9 Å². The van der Waals surface area contributed by atoms with Crippen LogP contribution < -0.4 is 5.73 Å². The van der Waals surface area contributed by atoms with Gasteiger partial charge in [0, 0.05) is 17.2 Å². The van der Waals surface area contributed by atoms with Crippen molar-refractivity contribution in [2.24, 2.45) is 0 Å². The van der Waals surface area contributed by atoms with E-state index in [0.29, 0.717) is 11.3 Å². The number of ether oxygens (including phenoxy) is 2. The highest BCUT2D eigenvalue weighted by atomic mass is 16.5. The van der Waals surface area contributed by atoms with Crippen molar-refractivity contribution < 1.29 is 19.1 Å². The molecule has 1 rings (SSSR count). The van der Waals surface area contributed by atoms with E-state index in [1.165, 1.54) is 26.4 Å². The number of carbonyl (C=O) groups excluding carboxylic acids is 2. The standard InChI is InChI=1S/C12H11NO4/c1-16-11(14)4-3-8-5-9(12(15)17-2)7-10(13)6-8/h5-7H,13H2,1-2H3. The quantitative estimate of drug-likeness (QED) is 0.436. The third-order valence-corrected chi connectivity index (χ3v) is 1.87. The van der Waals surface area contributed by atoms with Gasteiger partial charge in [0.15, 0.2) is 0 Å². The molecule has 5 heteroatoms. The van der Waals surface area contributed by atoms with Gasteiger partial charge in [-0.2, -0.15) is 0 Å². The molecule has 0 atom stereocenters. The number of rotatable bonds is 1. The Labute approximate surface area is 98.5 Å². The van der Waals surface area contributed by atoms with Gasteiger partial charge in [0.25, 0.3) is 0 Å². The average Bonchev–Trinajstić information content (AvgIpc) is 2.34. The van der Waals surface area contributed by atoms with Gasteiger partial charge in [-0.25, -0.2) is 9.59 Å². The molecule has 88 valence electrons. The van der Waals surface area contributed by atoms with Crippen molar-refractivity contribution in [2.45, 2.75) is 0 Å². The summed E-state index contributed by atoms with van der Waals surface area (Å²) in [7, 11) is 2.50. The van der Waals surface area contributed by atoms with Crippen molar-refractivity contribution in [3.63, 3.8) is 0 Å². The van der Waals surface area contributed by atoms with Crippen molar-refractivity contribution in [3.05, 3.63) is 29.3 Å². The summed E-state index contributed by atoms with van der Waals surface area (Å²) in [6.45, 7) is 0. The van der Waals surface area contributed by atoms with Crippen LogP contribution in [-0.4, -0.2) is 26.2 Å². The summed E-state index contributed by atoms with van der Waals surface area (Å²) in [5.41, 5.74) is 6.68. The van der Waals surface area contributed by atoms with Gasteiger partial charge in [0.05, 0.1) is 19.8 Å². The second-order valence-corrected chi connectivity index (χ2v) is 3.08. The zero-order valence-corrected chi connectivity index (χ0v) is 9.44. The molecule has 1 aromatic rings. The molecule has 0 amide bonds. The maximum Gasteiger partial charge on any atom is 0.384 e. The summed E-state index contributed by atoms with van der Waals surface area (Å²) in [5.74, 6) is 3.61. The first-order valence-corrected chi connectivity index (χ1v) is 4.65. The Morgan fingerprint density at radius 2 is 1.88 bits per heavy atom. The van der Waals surface area contributed by atoms with Crippen LogP contribution in [0.2, 0.25) is 0 Å². The Balaban J connectivity index is 3.08. The minimum atomic E-state index is -0.660. The largest absolute Gasteiger partial charge is 0.465 e. The number of nitrogens with two attached hydrogens (primary N) is 1. The highest BCUT2D eigenvalue weighted by molar-refractivity contribution is 5.92. The number of methoxy groups -OCH3 is 2. The topological polar surface area (TPSA) is 78.6 Å². The van der Waals surface area contributed by atoms with Crippen LogP contribution in [0.25, 0.3) is 0 Å². The van der Waals surface area contributed by atoms with Crippen molar-refractivity contribution in [2.75, 3.05) is 20.0 Å². The van der Waals surface area contributed by atoms with Crippen LogP contribution in [-0.2, 0) is 14.3 Å². The molecule has 0 saturated heterocycles. The summed E-state index contributed by atoms with van der Waals surface area (Å²) in [6, 6.07) is 4.50. The molecule has 0 aliphatic rings. The molecule has 0 spiro atoms. The Kier molecular flexibility index (Phi) is 4.12. The second kappa shape index (κ2) is 5.56. The molecule has 2 N–H and O–H groups in total. The van der Waals surface area contributed by atoms with Crippen LogP contribution in [0.5, 0.6) is 0 Å². The van der Waals surface area contributed by atoms with Crippen LogP contribution in [0.15, 0.2) is 18.2 Å². The fourth-order valence-corrected chi connectivity index (χ4v) is 1.13. The summed E-state index contributed by atoms with van der Waals surface area (Å²) < 4.78 is 8.92. The molecule has 5 nitrogen and oxygen atoms in total. The molecule has 0 radical (unpaired) electrons. The highest BCUT2D eigenvalue weighted by Gasteiger charge is 2.06. The molecule has 0 unspecified atom stereocenters. The van der Waals surface area contributed by atoms with E-state index in [2.05, 4.69) is 21.3 Å². The van der Waals surface area contributed by atoms with E-state index in [1.807, 2.05) is 0 Å². The van der Waals surface area contributed by atoms with Gasteiger partial charge in [-0.15, -0.1) is 0 Å². The lowest BCUT2D eigenvalue weighted by atomic mass is 10.1. The number of esters is 2. The average molecular weight is 233 g/mol. The smallest absolute Gasteiger partial charge is 0.384 e. The van der Waals surface area contributed by atoms with E-state index in [9.17, 15) is 9.59 Å². The van der Waals surface area contributed by atoms with Crippen LogP contribution >= 0.6 is 0 Å². The molecule has 0 heterocycles. The molecule has 0 fully saturated rings. The third kappa shape index (κ3) is 3.54. The molecule has 17 heavy (non-hydrogen) atoms. The van der Waals surface area contributed by atoms with Gasteiger partial charge in [-0.3, -0.25) is 0 Å². The predicted molar refractivity (Wildman–Crippen MR) is 61.1 cm³/mol. The molecule has 0 aliphatic carbocycles. The van der Waals surface area contributed by atoms with E-state index in [1.54, 1.807) is 6.07 Å². The number of anilines is 1. The number of hydrogen-bond donors (Lipinski definition) is 1. The molecule has 1 aromatic carbocycles. The Morgan fingerprint density at radius 1 is 1.18 bits per heavy atom. The zero-order chi connectivity index (χ0) is 12.8. The molecular weight excluding hydrogens is 222 g/mol. The maximum atomic E-state index is 11.3. The fourth-order valence-electron chi connectivity index (χ4n) is 1.13. The first kappa shape index (κ1) is 12.6. The summed E-state index contributed by atoms with van der Waals surface area (Å²) in [5, 5.41) is 0. The minimum Gasteiger partial charge on any atom is -0.465 e. The molecule has 0 aromatic heterocycles. The normalized spacial score (nSPS) is 8.82. The summed E-state index contributed by atoms with van der Waals surface area (Å²) in [6.07, 6.45) is 0. The zero-order valence-electron chi connectivity index (χ0n) is 9.44. The molecule has 0 aliphatic heterocycles. The van der Waals surface area contributed by atoms with Crippen LogP contribution in [0.4, 0.5) is 5.69 Å². The van der Waals surface area contributed by atoms with Crippen molar-refractivity contribution in [1.29, 1.82) is 0 Å². The monoisotopic (exact) mass is 233 g/mol. The van der Waals surface area contributed by atoms with E-state index in [0.717, 1.165) is 0 Å². The lowest BCUT2D eigenvalue weighted by Gasteiger charge is -2.01. The predicted octanol–water partition coefficient (Wildman–Crippen LogP) is 0.580. The van der Waals surface area contributed by atoms with Crippen LogP contribution in [0, 0.1) is 11.8 Å². The third-order valence-electron chi connectivity index (χ3n) is 1.87. The van der Waals surface area contributed by atoms with E-state index < -0.39 is 11.9 Å². The number of nitrogen functional groups attached to an aromatic ring is 1. The first-order chi connectivity index (χ1) is 8.06. The fraction of sp³-hybridized carbons (Fsp3) is 0.167. The number of carbonyl (C=O) groups is 2. The van der Waals surface area contributed by atoms with Gasteiger partial charge in [-0.05, 0) is 18.2 Å². The lowest BCUT2D eigenvalue weighted by Crippen LogP contribution is -2.03. The van der Waals surface area contributed by atoms with Crippen molar-refractivity contribution >= 4 is 17.6 Å². The van der Waals surface area contributed by atoms with Gasteiger partial charge in [0.1, 0.15) is 0 Å². The summed E-state index contributed by atoms with van der Waals surface area (Å²) in [4.78, 5) is 22.1. The molecular formula is C12H11NO4. The SMILES string of the molecule is COC(=O)C#Cc1cc(N)cc(C(=O)OC)c1. The van der Waals surface area contributed by atoms with E-state index in [4.69, 9.17) is 5.73 Å². The van der Waals surface area contributed by atoms with Gasteiger partial charge < -0.3 is 15.2 Å². The summed E-state index contributed by atoms with van der Waals surface area (Å²) >= 11 is 0. The Hall–Kier alpha value is -2.48. The minimum absolute atomic E-state index is 0.279. The maximum absolute atomic E-state index is 11.3. The van der Waals surface area contributed by atoms with Gasteiger partial charge in [-0.1, -0.05) is 5.92 Å². The second-order valence-electron chi connectivity index (χ2n) is 3.08. The molecule has 0 bridgehead atoms. The highest BCUT2D eigenvalue weighted by Crippen LogP contribution is 2.12. The first-order valence-electron chi connectivity index (χ1n) is 4.65. The lowest BCUT2D eigenvalue weighted by molar-refractivity contribution is -0.133. The Bertz CT molecular complexity index is 511. The number of benzene rings is 1. The van der Waals surface area contributed by atoms with E-state index in [-0.39, 0.29) is 5.56 Å². The van der Waals surface area contributed by atoms with Crippen LogP contribution in [0.3, 0.4) is 0 Å². The number of hydrogen-bond acceptors (Lipinski definition) is 5. The van der Waals surface area contributed by atoms with Gasteiger partial charge in [0.2, 0.25) is 0 Å². The van der Waals surface area contributed by atoms with E-state index >= 15 is 0 Å². The van der Waals surface area contributed by atoms with Crippen molar-refractivity contribution in [1.82, 2.24) is 0 Å². The molecule has 0 saturated carbocycles. The van der Waals surface area contributed by atoms with Crippen molar-refractivity contribution in [3.8, 4) is 11.8 Å².